The van der Waals surface area contributed by atoms with Gasteiger partial charge in [0.2, 0.25) is 5.91 Å². The molecule has 0 bridgehead atoms. The average molecular weight is 272 g/mol. The Morgan fingerprint density at radius 3 is 2.65 bits per heavy atom. The Morgan fingerprint density at radius 1 is 1.20 bits per heavy atom. The third-order valence-corrected chi connectivity index (χ3v) is 4.73. The Bertz CT molecular complexity index is 492. The number of carbonyl (C=O) groups is 1. The van der Waals surface area contributed by atoms with Gasteiger partial charge in [0, 0.05) is 24.2 Å². The molecule has 1 aromatic rings. The van der Waals surface area contributed by atoms with E-state index < -0.39 is 0 Å². The highest BCUT2D eigenvalue weighted by molar-refractivity contribution is 5.96. The highest BCUT2D eigenvalue weighted by Crippen LogP contribution is 2.33. The van der Waals surface area contributed by atoms with Crippen LogP contribution in [0.25, 0.3) is 0 Å². The smallest absolute Gasteiger partial charge is 0.230 e. The Labute approximate surface area is 121 Å². The highest BCUT2D eigenvalue weighted by Gasteiger charge is 2.32. The predicted molar refractivity (Wildman–Crippen MR) is 81.6 cm³/mol. The van der Waals surface area contributed by atoms with E-state index in [1.807, 2.05) is 11.0 Å². The molecule has 0 saturated heterocycles. The molecule has 1 fully saturated rings. The van der Waals surface area contributed by atoms with Gasteiger partial charge in [-0.3, -0.25) is 4.79 Å². The fourth-order valence-corrected chi connectivity index (χ4v) is 3.59. The molecule has 3 heteroatoms. The van der Waals surface area contributed by atoms with Crippen LogP contribution in [0.5, 0.6) is 0 Å². The molecule has 2 N–H and O–H groups in total. The lowest BCUT2D eigenvalue weighted by Gasteiger charge is -2.36. The lowest BCUT2D eigenvalue weighted by Crippen LogP contribution is -2.44. The van der Waals surface area contributed by atoms with Crippen molar-refractivity contribution >= 4 is 11.6 Å². The molecule has 1 saturated carbocycles. The van der Waals surface area contributed by atoms with Crippen LogP contribution in [-0.2, 0) is 11.2 Å². The van der Waals surface area contributed by atoms with Crippen LogP contribution in [0, 0.1) is 11.8 Å². The molecule has 3 rings (SSSR count). The predicted octanol–water partition coefficient (Wildman–Crippen LogP) is 2.73. The highest BCUT2D eigenvalue weighted by atomic mass is 16.2. The van der Waals surface area contributed by atoms with Gasteiger partial charge in [0.05, 0.1) is 0 Å². The van der Waals surface area contributed by atoms with Gasteiger partial charge in [-0.2, -0.15) is 0 Å². The number of hydrogen-bond acceptors (Lipinski definition) is 2. The topological polar surface area (TPSA) is 46.3 Å². The summed E-state index contributed by atoms with van der Waals surface area (Å²) in [6, 6.07) is 8.65. The first kappa shape index (κ1) is 13.6. The Morgan fingerprint density at radius 2 is 1.90 bits per heavy atom. The van der Waals surface area contributed by atoms with Gasteiger partial charge in [0.1, 0.15) is 0 Å². The summed E-state index contributed by atoms with van der Waals surface area (Å²) >= 11 is 0. The van der Waals surface area contributed by atoms with E-state index in [0.717, 1.165) is 44.3 Å². The standard InChI is InChI=1S/C17H24N2O/c1-12-10-14-4-2-3-5-16(14)19(11-12)17(20)13-6-8-15(18)9-7-13/h2-5,12-13,15H,6-11,18H2,1H3. The van der Waals surface area contributed by atoms with Crippen molar-refractivity contribution in [3.8, 4) is 0 Å². The van der Waals surface area contributed by atoms with Crippen LogP contribution in [0.15, 0.2) is 24.3 Å². The van der Waals surface area contributed by atoms with E-state index >= 15 is 0 Å². The molecule has 1 amide bonds. The minimum absolute atomic E-state index is 0.174. The largest absolute Gasteiger partial charge is 0.328 e. The fourth-order valence-electron chi connectivity index (χ4n) is 3.59. The number of nitrogens with two attached hydrogens (primary N) is 1. The maximum absolute atomic E-state index is 12.9. The normalized spacial score (nSPS) is 29.9. The Hall–Kier alpha value is -1.35. The zero-order valence-corrected chi connectivity index (χ0v) is 12.2. The molecule has 1 atom stereocenters. The summed E-state index contributed by atoms with van der Waals surface area (Å²) in [6.07, 6.45) is 4.96. The maximum atomic E-state index is 12.9. The second kappa shape index (κ2) is 5.57. The summed E-state index contributed by atoms with van der Waals surface area (Å²) in [4.78, 5) is 14.9. The SMILES string of the molecule is CC1Cc2ccccc2N(C(=O)C2CCC(N)CC2)C1. The molecule has 0 spiro atoms. The van der Waals surface area contributed by atoms with E-state index in [1.54, 1.807) is 0 Å². The quantitative estimate of drug-likeness (QED) is 0.854. The van der Waals surface area contributed by atoms with Crippen LogP contribution in [0.4, 0.5) is 5.69 Å². The molecule has 3 nitrogen and oxygen atoms in total. The number of carbonyl (C=O) groups excluding carboxylic acids is 1. The number of hydrogen-bond donors (Lipinski definition) is 1. The number of fused-ring (bicyclic) bond motifs is 1. The maximum Gasteiger partial charge on any atom is 0.230 e. The van der Waals surface area contributed by atoms with E-state index in [9.17, 15) is 4.79 Å². The molecule has 0 radical (unpaired) electrons. The summed E-state index contributed by atoms with van der Waals surface area (Å²) in [7, 11) is 0. The molecule has 0 aromatic heterocycles. The van der Waals surface area contributed by atoms with Crippen molar-refractivity contribution in [1.29, 1.82) is 0 Å². The van der Waals surface area contributed by atoms with Crippen molar-refractivity contribution in [3.05, 3.63) is 29.8 Å². The van der Waals surface area contributed by atoms with E-state index in [0.29, 0.717) is 17.9 Å². The van der Waals surface area contributed by atoms with Gasteiger partial charge in [-0.05, 0) is 49.7 Å². The van der Waals surface area contributed by atoms with Crippen molar-refractivity contribution in [3.63, 3.8) is 0 Å². The second-order valence-electron chi connectivity index (χ2n) is 6.50. The summed E-state index contributed by atoms with van der Waals surface area (Å²) in [5.41, 5.74) is 8.39. The minimum atomic E-state index is 0.174. The van der Waals surface area contributed by atoms with Crippen LogP contribution < -0.4 is 10.6 Å². The van der Waals surface area contributed by atoms with Crippen LogP contribution in [0.1, 0.15) is 38.2 Å². The van der Waals surface area contributed by atoms with Crippen molar-refractivity contribution in [1.82, 2.24) is 0 Å². The second-order valence-corrected chi connectivity index (χ2v) is 6.50. The van der Waals surface area contributed by atoms with Crippen molar-refractivity contribution < 1.29 is 4.79 Å². The lowest BCUT2D eigenvalue weighted by molar-refractivity contribution is -0.123. The molecule has 108 valence electrons. The van der Waals surface area contributed by atoms with Gasteiger partial charge in [-0.15, -0.1) is 0 Å². The summed E-state index contributed by atoms with van der Waals surface area (Å²) in [5.74, 6) is 1.03. The van der Waals surface area contributed by atoms with Gasteiger partial charge in [-0.1, -0.05) is 25.1 Å². The number of rotatable bonds is 1. The lowest BCUT2D eigenvalue weighted by atomic mass is 9.84. The number of benzene rings is 1. The molecule has 1 unspecified atom stereocenters. The van der Waals surface area contributed by atoms with E-state index in [-0.39, 0.29) is 5.92 Å². The summed E-state index contributed by atoms with van der Waals surface area (Å²) in [5, 5.41) is 0. The molecule has 20 heavy (non-hydrogen) atoms. The zero-order valence-electron chi connectivity index (χ0n) is 12.2. The molecule has 1 aliphatic carbocycles. The third kappa shape index (κ3) is 2.59. The number of para-hydroxylation sites is 1. The van der Waals surface area contributed by atoms with Crippen molar-refractivity contribution in [2.75, 3.05) is 11.4 Å². The monoisotopic (exact) mass is 272 g/mol. The summed E-state index contributed by atoms with van der Waals surface area (Å²) < 4.78 is 0. The van der Waals surface area contributed by atoms with E-state index in [2.05, 4.69) is 25.1 Å². The molecular weight excluding hydrogens is 248 g/mol. The number of amides is 1. The van der Waals surface area contributed by atoms with E-state index in [4.69, 9.17) is 5.73 Å². The average Bonchev–Trinajstić information content (AvgIpc) is 2.46. The Kier molecular flexibility index (Phi) is 3.79. The zero-order chi connectivity index (χ0) is 14.1. The first-order valence-electron chi connectivity index (χ1n) is 7.80. The van der Waals surface area contributed by atoms with Gasteiger partial charge < -0.3 is 10.6 Å². The van der Waals surface area contributed by atoms with Crippen molar-refractivity contribution in [2.24, 2.45) is 17.6 Å². The van der Waals surface area contributed by atoms with E-state index in [1.165, 1.54) is 5.56 Å². The fraction of sp³-hybridized carbons (Fsp3) is 0.588. The van der Waals surface area contributed by atoms with Gasteiger partial charge in [-0.25, -0.2) is 0 Å². The van der Waals surface area contributed by atoms with Crippen molar-refractivity contribution in [2.45, 2.75) is 45.1 Å². The minimum Gasteiger partial charge on any atom is -0.328 e. The molecular formula is C17H24N2O. The number of anilines is 1. The third-order valence-electron chi connectivity index (χ3n) is 4.73. The molecule has 1 aliphatic heterocycles. The van der Waals surface area contributed by atoms with Crippen LogP contribution >= 0.6 is 0 Å². The van der Waals surface area contributed by atoms with Gasteiger partial charge in [0.15, 0.2) is 0 Å². The molecule has 2 aliphatic rings. The first-order chi connectivity index (χ1) is 9.65. The first-order valence-corrected chi connectivity index (χ1v) is 7.80. The number of nitrogens with zero attached hydrogens (tertiary/aromatic N) is 1. The van der Waals surface area contributed by atoms with Crippen LogP contribution in [-0.4, -0.2) is 18.5 Å². The van der Waals surface area contributed by atoms with Gasteiger partial charge >= 0.3 is 0 Å². The van der Waals surface area contributed by atoms with Crippen LogP contribution in [0.2, 0.25) is 0 Å². The Balaban J connectivity index is 1.81. The van der Waals surface area contributed by atoms with Crippen LogP contribution in [0.3, 0.4) is 0 Å². The molecule has 1 aromatic carbocycles. The molecule has 1 heterocycles. The summed E-state index contributed by atoms with van der Waals surface area (Å²) in [6.45, 7) is 3.09. The van der Waals surface area contributed by atoms with Gasteiger partial charge in [0.25, 0.3) is 0 Å².